The van der Waals surface area contributed by atoms with E-state index in [1.807, 2.05) is 5.38 Å². The van der Waals surface area contributed by atoms with Crippen molar-refractivity contribution in [3.8, 4) is 23.1 Å². The Morgan fingerprint density at radius 3 is 2.69 bits per heavy atom. The summed E-state index contributed by atoms with van der Waals surface area (Å²) < 4.78 is 5.32. The molecule has 0 aliphatic heterocycles. The lowest BCUT2D eigenvalue weighted by molar-refractivity contribution is 0.417. The minimum absolute atomic E-state index is 0.444. The number of methoxy groups -OCH3 is 1. The maximum absolute atomic E-state index is 9.59. The standard InChI is InChI=1S/C23H22ClN3OS/c1-15(2)10-16-4-6-17(7-5-16)21-14-29-23(27-21)18(12-25)13-26-20-11-19(24)8-9-22(20)28-3/h4-9,11,13-15,26H,10H2,1-3H3/b18-13-. The molecule has 0 amide bonds. The molecule has 0 spiro atoms. The molecule has 29 heavy (non-hydrogen) atoms. The quantitative estimate of drug-likeness (QED) is 0.432. The Bertz CT molecular complexity index is 1050. The molecule has 3 aromatic rings. The van der Waals surface area contributed by atoms with Gasteiger partial charge in [-0.05, 0) is 36.1 Å². The Labute approximate surface area is 180 Å². The molecule has 0 aliphatic carbocycles. The Kier molecular flexibility index (Phi) is 6.92. The molecular formula is C23H22ClN3OS. The van der Waals surface area contributed by atoms with E-state index in [0.717, 1.165) is 17.7 Å². The summed E-state index contributed by atoms with van der Waals surface area (Å²) in [5.74, 6) is 1.27. The first-order chi connectivity index (χ1) is 14.0. The molecule has 1 heterocycles. The second-order valence-corrected chi connectivity index (χ2v) is 8.29. The summed E-state index contributed by atoms with van der Waals surface area (Å²) in [5, 5.41) is 15.9. The summed E-state index contributed by atoms with van der Waals surface area (Å²) in [6, 6.07) is 15.9. The molecule has 0 aliphatic rings. The first-order valence-electron chi connectivity index (χ1n) is 9.25. The van der Waals surface area contributed by atoms with Crippen LogP contribution >= 0.6 is 22.9 Å². The van der Waals surface area contributed by atoms with E-state index >= 15 is 0 Å². The molecule has 2 aromatic carbocycles. The van der Waals surface area contributed by atoms with Crippen LogP contribution in [-0.4, -0.2) is 12.1 Å². The summed E-state index contributed by atoms with van der Waals surface area (Å²) in [6.07, 6.45) is 2.69. The second kappa shape index (κ2) is 9.60. The molecule has 0 atom stereocenters. The van der Waals surface area contributed by atoms with Crippen molar-refractivity contribution in [2.45, 2.75) is 20.3 Å². The third kappa shape index (κ3) is 5.38. The molecule has 148 valence electrons. The highest BCUT2D eigenvalue weighted by Crippen LogP contribution is 2.30. The van der Waals surface area contributed by atoms with Crippen LogP contribution in [-0.2, 0) is 6.42 Å². The number of rotatable bonds is 7. The van der Waals surface area contributed by atoms with Gasteiger partial charge in [-0.25, -0.2) is 4.98 Å². The number of aromatic nitrogens is 1. The summed E-state index contributed by atoms with van der Waals surface area (Å²) >= 11 is 7.50. The second-order valence-electron chi connectivity index (χ2n) is 6.99. The van der Waals surface area contributed by atoms with E-state index in [-0.39, 0.29) is 0 Å². The predicted octanol–water partition coefficient (Wildman–Crippen LogP) is 6.65. The summed E-state index contributed by atoms with van der Waals surface area (Å²) in [7, 11) is 1.59. The molecule has 0 saturated heterocycles. The van der Waals surface area contributed by atoms with E-state index < -0.39 is 0 Å². The lowest BCUT2D eigenvalue weighted by Crippen LogP contribution is -1.95. The summed E-state index contributed by atoms with van der Waals surface area (Å²) in [6.45, 7) is 4.42. The molecule has 0 fully saturated rings. The number of halogens is 1. The van der Waals surface area contributed by atoms with Crippen molar-refractivity contribution in [1.29, 1.82) is 5.26 Å². The lowest BCUT2D eigenvalue weighted by Gasteiger charge is -2.08. The van der Waals surface area contributed by atoms with Crippen LogP contribution in [0.1, 0.15) is 24.4 Å². The number of nitrogens with one attached hydrogen (secondary N) is 1. The number of benzene rings is 2. The SMILES string of the molecule is COc1ccc(Cl)cc1N/C=C(/C#N)c1nc(-c2ccc(CC(C)C)cc2)cs1. The van der Waals surface area contributed by atoms with E-state index in [2.05, 4.69) is 54.5 Å². The number of allylic oxidation sites excluding steroid dienone is 1. The number of hydrogen-bond acceptors (Lipinski definition) is 5. The zero-order chi connectivity index (χ0) is 20.8. The Morgan fingerprint density at radius 2 is 2.03 bits per heavy atom. The van der Waals surface area contributed by atoms with Crippen LogP contribution < -0.4 is 10.1 Å². The fraction of sp³-hybridized carbons (Fsp3) is 0.217. The smallest absolute Gasteiger partial charge is 0.142 e. The van der Waals surface area contributed by atoms with Crippen LogP contribution in [0.15, 0.2) is 54.0 Å². The molecular weight excluding hydrogens is 402 g/mol. The fourth-order valence-corrected chi connectivity index (χ4v) is 3.86. The molecule has 0 radical (unpaired) electrons. The van der Waals surface area contributed by atoms with E-state index in [4.69, 9.17) is 16.3 Å². The fourth-order valence-electron chi connectivity index (χ4n) is 2.90. The maximum Gasteiger partial charge on any atom is 0.142 e. The monoisotopic (exact) mass is 423 g/mol. The Morgan fingerprint density at radius 1 is 1.28 bits per heavy atom. The van der Waals surface area contributed by atoms with Gasteiger partial charge in [-0.1, -0.05) is 49.7 Å². The van der Waals surface area contributed by atoms with Gasteiger partial charge in [-0.2, -0.15) is 5.26 Å². The summed E-state index contributed by atoms with van der Waals surface area (Å²) in [4.78, 5) is 4.65. The maximum atomic E-state index is 9.59. The van der Waals surface area contributed by atoms with Crippen LogP contribution in [0.4, 0.5) is 5.69 Å². The van der Waals surface area contributed by atoms with Gasteiger partial charge >= 0.3 is 0 Å². The Balaban J connectivity index is 1.80. The highest BCUT2D eigenvalue weighted by molar-refractivity contribution is 7.11. The molecule has 4 nitrogen and oxygen atoms in total. The number of hydrogen-bond donors (Lipinski definition) is 1. The first kappa shape index (κ1) is 20.9. The van der Waals surface area contributed by atoms with Crippen molar-refractivity contribution < 1.29 is 4.74 Å². The molecule has 1 aromatic heterocycles. The molecule has 0 unspecified atom stereocenters. The number of anilines is 1. The van der Waals surface area contributed by atoms with Gasteiger partial charge in [0.2, 0.25) is 0 Å². The van der Waals surface area contributed by atoms with Crippen LogP contribution in [0.3, 0.4) is 0 Å². The molecule has 0 bridgehead atoms. The van der Waals surface area contributed by atoms with Crippen LogP contribution in [0.25, 0.3) is 16.8 Å². The van der Waals surface area contributed by atoms with Crippen molar-refractivity contribution >= 4 is 34.2 Å². The van der Waals surface area contributed by atoms with Gasteiger partial charge in [-0.3, -0.25) is 0 Å². The van der Waals surface area contributed by atoms with Gasteiger partial charge in [0.15, 0.2) is 0 Å². The average Bonchev–Trinajstić information content (AvgIpc) is 3.19. The van der Waals surface area contributed by atoms with Crippen LogP contribution in [0.2, 0.25) is 5.02 Å². The van der Waals surface area contributed by atoms with Gasteiger partial charge in [-0.15, -0.1) is 11.3 Å². The highest BCUT2D eigenvalue weighted by atomic mass is 35.5. The third-order valence-corrected chi connectivity index (χ3v) is 5.39. The normalized spacial score (nSPS) is 11.4. The Hall–Kier alpha value is -2.81. The van der Waals surface area contributed by atoms with E-state index in [1.165, 1.54) is 16.9 Å². The van der Waals surface area contributed by atoms with Crippen molar-refractivity contribution in [2.75, 3.05) is 12.4 Å². The van der Waals surface area contributed by atoms with Crippen LogP contribution in [0.5, 0.6) is 5.75 Å². The van der Waals surface area contributed by atoms with Crippen molar-refractivity contribution in [3.05, 3.63) is 69.6 Å². The van der Waals surface area contributed by atoms with Crippen molar-refractivity contribution in [1.82, 2.24) is 4.98 Å². The van der Waals surface area contributed by atoms with E-state index in [0.29, 0.717) is 33.0 Å². The van der Waals surface area contributed by atoms with Crippen molar-refractivity contribution in [2.24, 2.45) is 5.92 Å². The zero-order valence-electron chi connectivity index (χ0n) is 16.6. The van der Waals surface area contributed by atoms with Crippen molar-refractivity contribution in [3.63, 3.8) is 0 Å². The van der Waals surface area contributed by atoms with Gasteiger partial charge < -0.3 is 10.1 Å². The first-order valence-corrected chi connectivity index (χ1v) is 10.5. The predicted molar refractivity (Wildman–Crippen MR) is 121 cm³/mol. The largest absolute Gasteiger partial charge is 0.495 e. The van der Waals surface area contributed by atoms with E-state index in [9.17, 15) is 5.26 Å². The zero-order valence-corrected chi connectivity index (χ0v) is 18.1. The van der Waals surface area contributed by atoms with Gasteiger partial charge in [0.1, 0.15) is 22.4 Å². The molecule has 3 rings (SSSR count). The van der Waals surface area contributed by atoms with Gasteiger partial charge in [0, 0.05) is 22.2 Å². The topological polar surface area (TPSA) is 57.9 Å². The highest BCUT2D eigenvalue weighted by Gasteiger charge is 2.10. The lowest BCUT2D eigenvalue weighted by atomic mass is 10.0. The van der Waals surface area contributed by atoms with Crippen LogP contribution in [0, 0.1) is 17.2 Å². The number of ether oxygens (including phenoxy) is 1. The molecule has 0 saturated carbocycles. The molecule has 6 heteroatoms. The number of nitriles is 1. The third-order valence-electron chi connectivity index (χ3n) is 4.28. The minimum atomic E-state index is 0.444. The van der Waals surface area contributed by atoms with E-state index in [1.54, 1.807) is 31.5 Å². The number of thiazole rings is 1. The number of nitrogens with zero attached hydrogens (tertiary/aromatic N) is 2. The average molecular weight is 424 g/mol. The van der Waals surface area contributed by atoms with Gasteiger partial charge in [0.25, 0.3) is 0 Å². The summed E-state index contributed by atoms with van der Waals surface area (Å²) in [5.41, 5.74) is 4.35. The van der Waals surface area contributed by atoms with Gasteiger partial charge in [0.05, 0.1) is 18.5 Å². The minimum Gasteiger partial charge on any atom is -0.495 e. The molecule has 1 N–H and O–H groups in total.